The highest BCUT2D eigenvalue weighted by atomic mass is 32.2. The third-order valence-corrected chi connectivity index (χ3v) is 5.22. The van der Waals surface area contributed by atoms with E-state index in [1.807, 2.05) is 28.4 Å². The zero-order valence-electron chi connectivity index (χ0n) is 7.49. The van der Waals surface area contributed by atoms with E-state index in [-0.39, 0.29) is 6.03 Å². The minimum atomic E-state index is 0.124. The molecule has 0 bridgehead atoms. The van der Waals surface area contributed by atoms with Gasteiger partial charge in [0.25, 0.3) is 0 Å². The molecule has 2 fully saturated rings. The maximum atomic E-state index is 11.4. The molecular weight excluding hydrogens is 204 g/mol. The quantitative estimate of drug-likeness (QED) is 0.756. The van der Waals surface area contributed by atoms with E-state index in [0.29, 0.717) is 4.58 Å². The number of amides is 2. The lowest BCUT2D eigenvalue weighted by atomic mass is 10.3. The first-order valence-electron chi connectivity index (χ1n) is 4.62. The number of hydrogen-bond donors (Lipinski definition) is 1. The average Bonchev–Trinajstić information content (AvgIpc) is 2.61. The lowest BCUT2D eigenvalue weighted by Crippen LogP contribution is -2.48. The van der Waals surface area contributed by atoms with E-state index in [0.717, 1.165) is 26.1 Å². The van der Waals surface area contributed by atoms with Crippen LogP contribution in [0.25, 0.3) is 0 Å². The molecular formula is C8H14N2OS2. The number of carbonyl (C=O) groups is 1. The number of nitrogens with zero attached hydrogens (tertiary/aromatic N) is 1. The minimum absolute atomic E-state index is 0.124. The molecule has 0 radical (unpaired) electrons. The molecule has 0 aliphatic carbocycles. The van der Waals surface area contributed by atoms with Gasteiger partial charge in [-0.2, -0.15) is 0 Å². The van der Waals surface area contributed by atoms with Crippen molar-refractivity contribution in [1.82, 2.24) is 10.2 Å². The lowest BCUT2D eigenvalue weighted by Gasteiger charge is -2.29. The Morgan fingerprint density at radius 1 is 1.46 bits per heavy atom. The molecule has 0 saturated carbocycles. The topological polar surface area (TPSA) is 32.3 Å². The smallest absolute Gasteiger partial charge is 0.317 e. The molecule has 2 amide bonds. The molecule has 0 aromatic carbocycles. The summed E-state index contributed by atoms with van der Waals surface area (Å²) >= 11 is 3.96. The van der Waals surface area contributed by atoms with Gasteiger partial charge in [-0.3, -0.25) is 0 Å². The zero-order chi connectivity index (χ0) is 9.10. The normalized spacial score (nSPS) is 24.9. The molecule has 0 aromatic rings. The van der Waals surface area contributed by atoms with Gasteiger partial charge in [0.15, 0.2) is 0 Å². The number of carbonyl (C=O) groups excluding carboxylic acids is 1. The zero-order valence-corrected chi connectivity index (χ0v) is 9.12. The molecule has 2 aliphatic heterocycles. The van der Waals surface area contributed by atoms with Crippen molar-refractivity contribution >= 4 is 29.6 Å². The van der Waals surface area contributed by atoms with Crippen LogP contribution in [0, 0.1) is 0 Å². The highest BCUT2D eigenvalue weighted by Gasteiger charge is 2.24. The van der Waals surface area contributed by atoms with Crippen molar-refractivity contribution in [2.45, 2.75) is 11.0 Å². The second-order valence-electron chi connectivity index (χ2n) is 3.20. The van der Waals surface area contributed by atoms with Crippen molar-refractivity contribution in [1.29, 1.82) is 0 Å². The van der Waals surface area contributed by atoms with Gasteiger partial charge in [-0.25, -0.2) is 4.79 Å². The van der Waals surface area contributed by atoms with Crippen LogP contribution in [0.4, 0.5) is 4.79 Å². The van der Waals surface area contributed by atoms with E-state index >= 15 is 0 Å². The van der Waals surface area contributed by atoms with Gasteiger partial charge in [0, 0.05) is 31.1 Å². The van der Waals surface area contributed by atoms with Crippen LogP contribution >= 0.6 is 23.5 Å². The summed E-state index contributed by atoms with van der Waals surface area (Å²) in [6.45, 7) is 2.70. The Labute approximate surface area is 87.0 Å². The van der Waals surface area contributed by atoms with Crippen molar-refractivity contribution < 1.29 is 4.79 Å². The summed E-state index contributed by atoms with van der Waals surface area (Å²) in [5.74, 6) is 2.48. The Morgan fingerprint density at radius 2 is 2.23 bits per heavy atom. The molecule has 2 heterocycles. The molecule has 74 valence electrons. The van der Waals surface area contributed by atoms with Crippen LogP contribution in [0.2, 0.25) is 0 Å². The fourth-order valence-electron chi connectivity index (χ4n) is 1.55. The second kappa shape index (κ2) is 4.46. The molecule has 0 atom stereocenters. The highest BCUT2D eigenvalue weighted by Crippen LogP contribution is 2.32. The first-order valence-corrected chi connectivity index (χ1v) is 6.72. The molecule has 2 saturated heterocycles. The van der Waals surface area contributed by atoms with Gasteiger partial charge in [0.2, 0.25) is 0 Å². The maximum Gasteiger partial charge on any atom is 0.317 e. The summed E-state index contributed by atoms with van der Waals surface area (Å²) < 4.78 is 0.615. The van der Waals surface area contributed by atoms with Gasteiger partial charge >= 0.3 is 6.03 Å². The van der Waals surface area contributed by atoms with Crippen LogP contribution in [0.3, 0.4) is 0 Å². The van der Waals surface area contributed by atoms with Crippen molar-refractivity contribution in [2.24, 2.45) is 0 Å². The maximum absolute atomic E-state index is 11.4. The number of hydrogen-bond acceptors (Lipinski definition) is 3. The van der Waals surface area contributed by atoms with Gasteiger partial charge in [-0.05, 0) is 6.42 Å². The summed E-state index contributed by atoms with van der Waals surface area (Å²) in [5.41, 5.74) is 0. The molecule has 5 heteroatoms. The third-order valence-electron chi connectivity index (χ3n) is 2.23. The van der Waals surface area contributed by atoms with E-state index < -0.39 is 0 Å². The van der Waals surface area contributed by atoms with Crippen LogP contribution in [0.15, 0.2) is 0 Å². The fourth-order valence-corrected chi connectivity index (χ4v) is 4.37. The van der Waals surface area contributed by atoms with E-state index in [2.05, 4.69) is 5.32 Å². The van der Waals surface area contributed by atoms with Gasteiger partial charge in [-0.15, -0.1) is 23.5 Å². The molecule has 2 aliphatic rings. The van der Waals surface area contributed by atoms with E-state index in [1.54, 1.807) is 0 Å². The van der Waals surface area contributed by atoms with Crippen molar-refractivity contribution in [2.75, 3.05) is 31.1 Å². The van der Waals surface area contributed by atoms with Crippen LogP contribution in [-0.2, 0) is 0 Å². The summed E-state index contributed by atoms with van der Waals surface area (Å²) in [6, 6.07) is 0.124. The minimum Gasteiger partial charge on any atom is -0.338 e. The van der Waals surface area contributed by atoms with Crippen LogP contribution < -0.4 is 5.32 Å². The summed E-state index contributed by atoms with van der Waals surface area (Å²) in [5, 5.41) is 2.87. The van der Waals surface area contributed by atoms with Gasteiger partial charge in [0.1, 0.15) is 0 Å². The number of nitrogens with one attached hydrogen (secondary N) is 1. The predicted molar refractivity (Wildman–Crippen MR) is 58.3 cm³/mol. The Balaban J connectivity index is 1.81. The van der Waals surface area contributed by atoms with Crippen LogP contribution in [-0.4, -0.2) is 46.7 Å². The molecule has 3 nitrogen and oxygen atoms in total. The van der Waals surface area contributed by atoms with Gasteiger partial charge in [0.05, 0.1) is 4.58 Å². The van der Waals surface area contributed by atoms with Gasteiger partial charge in [-0.1, -0.05) is 0 Å². The van der Waals surface area contributed by atoms with E-state index in [4.69, 9.17) is 0 Å². The molecule has 13 heavy (non-hydrogen) atoms. The molecule has 1 N–H and O–H groups in total. The Hall–Kier alpha value is -0.0300. The SMILES string of the molecule is O=C1NCCCN1CC1SCCS1. The van der Waals surface area contributed by atoms with Crippen molar-refractivity contribution in [3.8, 4) is 0 Å². The van der Waals surface area contributed by atoms with Gasteiger partial charge < -0.3 is 10.2 Å². The monoisotopic (exact) mass is 218 g/mol. The number of urea groups is 1. The van der Waals surface area contributed by atoms with Crippen LogP contribution in [0.1, 0.15) is 6.42 Å². The lowest BCUT2D eigenvalue weighted by molar-refractivity contribution is 0.189. The summed E-state index contributed by atoms with van der Waals surface area (Å²) in [6.07, 6.45) is 1.09. The second-order valence-corrected chi connectivity index (χ2v) is 6.12. The standard InChI is InChI=1S/C8H14N2OS2/c11-8-9-2-1-3-10(8)6-7-12-4-5-13-7/h7H,1-6H2,(H,9,11). The number of rotatable bonds is 2. The largest absolute Gasteiger partial charge is 0.338 e. The number of thioether (sulfide) groups is 2. The molecule has 0 spiro atoms. The fraction of sp³-hybridized carbons (Fsp3) is 0.875. The molecule has 0 unspecified atom stereocenters. The average molecular weight is 218 g/mol. The highest BCUT2D eigenvalue weighted by molar-refractivity contribution is 8.20. The Bertz CT molecular complexity index is 195. The summed E-state index contributed by atoms with van der Waals surface area (Å²) in [7, 11) is 0. The summed E-state index contributed by atoms with van der Waals surface area (Å²) in [4.78, 5) is 13.3. The predicted octanol–water partition coefficient (Wildman–Crippen LogP) is 1.21. The first kappa shape index (κ1) is 9.52. The Kier molecular flexibility index (Phi) is 3.27. The van der Waals surface area contributed by atoms with E-state index in [9.17, 15) is 4.79 Å². The Morgan fingerprint density at radius 3 is 2.92 bits per heavy atom. The first-order chi connectivity index (χ1) is 6.36. The van der Waals surface area contributed by atoms with Crippen molar-refractivity contribution in [3.63, 3.8) is 0 Å². The van der Waals surface area contributed by atoms with Crippen LogP contribution in [0.5, 0.6) is 0 Å². The van der Waals surface area contributed by atoms with Crippen molar-refractivity contribution in [3.05, 3.63) is 0 Å². The third kappa shape index (κ3) is 2.47. The van der Waals surface area contributed by atoms with E-state index in [1.165, 1.54) is 11.5 Å². The molecule has 0 aromatic heterocycles. The molecule has 2 rings (SSSR count).